The molecule has 1 fully saturated rings. The lowest BCUT2D eigenvalue weighted by Gasteiger charge is -2.35. The van der Waals surface area contributed by atoms with Crippen LogP contribution < -0.4 is 15.0 Å². The molecule has 11 nitrogen and oxygen atoms in total. The van der Waals surface area contributed by atoms with Crippen molar-refractivity contribution in [2.24, 2.45) is 7.05 Å². The molecule has 3 heterocycles. The second kappa shape index (κ2) is 18.2. The van der Waals surface area contributed by atoms with Crippen LogP contribution in [0.2, 0.25) is 0 Å². The summed E-state index contributed by atoms with van der Waals surface area (Å²) in [7, 11) is 6.81. The predicted molar refractivity (Wildman–Crippen MR) is 212 cm³/mol. The van der Waals surface area contributed by atoms with E-state index >= 15 is 0 Å². The van der Waals surface area contributed by atoms with Gasteiger partial charge in [0.1, 0.15) is 28.1 Å². The van der Waals surface area contributed by atoms with Crippen molar-refractivity contribution in [3.8, 4) is 28.7 Å². The van der Waals surface area contributed by atoms with E-state index in [9.17, 15) is 19.6 Å². The molecule has 0 spiro atoms. The summed E-state index contributed by atoms with van der Waals surface area (Å²) in [6.07, 6.45) is 7.50. The Balaban J connectivity index is 1.23. The molecular weight excluding hydrogens is 701 g/mol. The number of methoxy groups -OCH3 is 2. The number of amides is 2. The highest BCUT2D eigenvalue weighted by molar-refractivity contribution is 7.10. The maximum absolute atomic E-state index is 13.6. The van der Waals surface area contributed by atoms with Gasteiger partial charge < -0.3 is 23.8 Å². The molecule has 1 unspecified atom stereocenters. The predicted octanol–water partition coefficient (Wildman–Crippen LogP) is 6.33. The van der Waals surface area contributed by atoms with Gasteiger partial charge in [-0.05, 0) is 67.2 Å². The Kier molecular flexibility index (Phi) is 13.5. The number of carbonyl (C=O) groups excluding carboxylic acids is 2. The Morgan fingerprint density at radius 3 is 2.37 bits per heavy atom. The minimum absolute atomic E-state index is 0.0149. The van der Waals surface area contributed by atoms with Gasteiger partial charge in [0.05, 0.1) is 25.8 Å². The molecule has 54 heavy (non-hydrogen) atoms. The van der Waals surface area contributed by atoms with Crippen molar-refractivity contribution in [2.75, 3.05) is 47.4 Å². The second-order valence-corrected chi connectivity index (χ2v) is 14.6. The van der Waals surface area contributed by atoms with E-state index in [1.54, 1.807) is 50.1 Å². The summed E-state index contributed by atoms with van der Waals surface area (Å²) >= 11 is 1.37. The first-order valence-corrected chi connectivity index (χ1v) is 19.2. The lowest BCUT2D eigenvalue weighted by Crippen LogP contribution is -2.48. The number of nitriles is 1. The molecule has 2 aromatic carbocycles. The van der Waals surface area contributed by atoms with Crippen molar-refractivity contribution in [1.29, 1.82) is 5.26 Å². The Hall–Kier alpha value is -5.25. The van der Waals surface area contributed by atoms with Crippen LogP contribution in [0.1, 0.15) is 65.1 Å². The lowest BCUT2D eigenvalue weighted by atomic mass is 9.93. The van der Waals surface area contributed by atoms with Gasteiger partial charge in [-0.25, -0.2) is 4.98 Å². The summed E-state index contributed by atoms with van der Waals surface area (Å²) in [4.78, 5) is 49.7. The van der Waals surface area contributed by atoms with Gasteiger partial charge in [0, 0.05) is 82.1 Å². The average Bonchev–Trinajstić information content (AvgIpc) is 3.72. The maximum Gasteiger partial charge on any atom is 0.264 e. The van der Waals surface area contributed by atoms with E-state index in [1.807, 2.05) is 66.7 Å². The lowest BCUT2D eigenvalue weighted by molar-refractivity contribution is -0.133. The molecule has 2 aromatic heterocycles. The molecule has 1 atom stereocenters. The molecular formula is C42H50N6O5S. The average molecular weight is 751 g/mol. The zero-order chi connectivity index (χ0) is 38.9. The standard InChI is InChI=1S/C42H50N6O5S/c1-8-11-36(46(5)42(51)32(25-43)24-39-44-16-21-54-39)33-13-10-9-12-30(33)14-15-40(49)48-19-17-47(18-20-48)27-35-37(52-6)22-31(23-38(35)53-7)34-26-45(4)41(50)29(3)28(34)2/h9-10,12-13,16,21-24,26,36H,8,11,14-15,17-20,27H2,1-7H3. The number of ether oxygens (including phenoxy) is 2. The highest BCUT2D eigenvalue weighted by Gasteiger charge is 2.28. The fourth-order valence-corrected chi connectivity index (χ4v) is 7.73. The van der Waals surface area contributed by atoms with Crippen LogP contribution in [0.15, 0.2) is 64.5 Å². The highest BCUT2D eigenvalue weighted by Crippen LogP contribution is 2.37. The van der Waals surface area contributed by atoms with Crippen molar-refractivity contribution >= 4 is 29.2 Å². The number of piperazine rings is 1. The van der Waals surface area contributed by atoms with E-state index in [0.717, 1.165) is 46.2 Å². The highest BCUT2D eigenvalue weighted by atomic mass is 32.1. The smallest absolute Gasteiger partial charge is 0.264 e. The summed E-state index contributed by atoms with van der Waals surface area (Å²) in [6, 6.07) is 13.8. The summed E-state index contributed by atoms with van der Waals surface area (Å²) in [5, 5.41) is 12.2. The summed E-state index contributed by atoms with van der Waals surface area (Å²) < 4.78 is 13.4. The van der Waals surface area contributed by atoms with Crippen LogP contribution in [0.5, 0.6) is 11.5 Å². The molecule has 0 N–H and O–H groups in total. The van der Waals surface area contributed by atoms with Crippen molar-refractivity contribution in [3.05, 3.63) is 103 Å². The summed E-state index contributed by atoms with van der Waals surface area (Å²) in [5.74, 6) is 1.16. The van der Waals surface area contributed by atoms with Gasteiger partial charge in [-0.3, -0.25) is 19.3 Å². The quantitative estimate of drug-likeness (QED) is 0.108. The van der Waals surface area contributed by atoms with E-state index in [4.69, 9.17) is 9.47 Å². The number of thiazole rings is 1. The van der Waals surface area contributed by atoms with Gasteiger partial charge in [0.15, 0.2) is 0 Å². The molecule has 0 bridgehead atoms. The first-order valence-electron chi connectivity index (χ1n) is 18.3. The minimum Gasteiger partial charge on any atom is -0.496 e. The zero-order valence-corrected chi connectivity index (χ0v) is 33.2. The van der Waals surface area contributed by atoms with Gasteiger partial charge in [-0.1, -0.05) is 37.6 Å². The van der Waals surface area contributed by atoms with E-state index < -0.39 is 0 Å². The molecule has 1 saturated heterocycles. The number of pyridine rings is 1. The van der Waals surface area contributed by atoms with Crippen LogP contribution >= 0.6 is 11.3 Å². The molecule has 284 valence electrons. The van der Waals surface area contributed by atoms with Crippen molar-refractivity contribution in [1.82, 2.24) is 24.3 Å². The third kappa shape index (κ3) is 8.92. The number of rotatable bonds is 14. The summed E-state index contributed by atoms with van der Waals surface area (Å²) in [5.41, 5.74) is 6.47. The van der Waals surface area contributed by atoms with Crippen LogP contribution in [0.25, 0.3) is 17.2 Å². The Morgan fingerprint density at radius 1 is 1.07 bits per heavy atom. The first kappa shape index (κ1) is 39.9. The fraction of sp³-hybridized carbons (Fsp3) is 0.405. The Bertz CT molecular complexity index is 2070. The molecule has 0 radical (unpaired) electrons. The number of aryl methyl sites for hydroxylation is 2. The summed E-state index contributed by atoms with van der Waals surface area (Å²) in [6.45, 7) is 9.11. The number of likely N-dealkylation sites (N-methyl/N-ethyl adjacent to an activating group) is 1. The van der Waals surface area contributed by atoms with Crippen LogP contribution in [0, 0.1) is 25.2 Å². The minimum atomic E-state index is -0.351. The maximum atomic E-state index is 13.6. The van der Waals surface area contributed by atoms with Gasteiger partial charge >= 0.3 is 0 Å². The normalized spacial score (nSPS) is 14.0. The van der Waals surface area contributed by atoms with E-state index in [0.29, 0.717) is 67.6 Å². The van der Waals surface area contributed by atoms with E-state index in [2.05, 4.69) is 22.9 Å². The topological polar surface area (TPSA) is 121 Å². The van der Waals surface area contributed by atoms with E-state index in [1.165, 1.54) is 11.3 Å². The molecule has 1 aliphatic rings. The molecule has 4 aromatic rings. The molecule has 5 rings (SSSR count). The molecule has 0 aliphatic carbocycles. The number of hydrogen-bond donors (Lipinski definition) is 0. The van der Waals surface area contributed by atoms with Crippen molar-refractivity contribution < 1.29 is 19.1 Å². The molecule has 2 amide bonds. The molecule has 12 heteroatoms. The van der Waals surface area contributed by atoms with Crippen LogP contribution in [-0.4, -0.2) is 83.5 Å². The number of hydrogen-bond acceptors (Lipinski definition) is 9. The third-order valence-corrected chi connectivity index (χ3v) is 11.1. The van der Waals surface area contributed by atoms with Crippen molar-refractivity contribution in [2.45, 2.75) is 59.0 Å². The zero-order valence-electron chi connectivity index (χ0n) is 32.3. The number of aromatic nitrogens is 2. The number of carbonyl (C=O) groups is 2. The fourth-order valence-electron chi connectivity index (χ4n) is 7.16. The van der Waals surface area contributed by atoms with Crippen LogP contribution in [-0.2, 0) is 29.6 Å². The number of nitrogens with zero attached hydrogens (tertiary/aromatic N) is 6. The molecule has 1 aliphatic heterocycles. The SMILES string of the molecule is CCCC(c1ccccc1CCC(=O)N1CCN(Cc2c(OC)cc(-c3cn(C)c(=O)c(C)c3C)cc2OC)CC1)N(C)C(=O)C(C#N)=Cc1nccs1. The largest absolute Gasteiger partial charge is 0.496 e. The van der Waals surface area contributed by atoms with Gasteiger partial charge in [0.25, 0.3) is 11.5 Å². The first-order chi connectivity index (χ1) is 26.0. The van der Waals surface area contributed by atoms with Crippen molar-refractivity contribution in [3.63, 3.8) is 0 Å². The van der Waals surface area contributed by atoms with E-state index in [-0.39, 0.29) is 29.0 Å². The van der Waals surface area contributed by atoms with Crippen LogP contribution in [0.3, 0.4) is 0 Å². The third-order valence-electron chi connectivity index (χ3n) is 10.4. The van der Waals surface area contributed by atoms with Gasteiger partial charge in [0.2, 0.25) is 5.91 Å². The molecule has 0 saturated carbocycles. The Morgan fingerprint density at radius 2 is 1.76 bits per heavy atom. The second-order valence-electron chi connectivity index (χ2n) is 13.7. The van der Waals surface area contributed by atoms with Crippen LogP contribution in [0.4, 0.5) is 0 Å². The Labute approximate surface area is 322 Å². The van der Waals surface area contributed by atoms with Gasteiger partial charge in [-0.15, -0.1) is 11.3 Å². The van der Waals surface area contributed by atoms with Gasteiger partial charge in [-0.2, -0.15) is 5.26 Å². The number of benzene rings is 2. The monoisotopic (exact) mass is 750 g/mol.